The topological polar surface area (TPSA) is 29.9 Å². The molecule has 0 aliphatic rings. The highest BCUT2D eigenvalue weighted by Gasteiger charge is 2.11. The van der Waals surface area contributed by atoms with Gasteiger partial charge in [0.2, 0.25) is 0 Å². The standard InChI is InChI=1S/C10H17N3/c1-8(2)7-9(11-3)10-5-6-12-13(10)4/h5-6,9,11H,1,7H2,2-4H3. The Kier molecular flexibility index (Phi) is 3.25. The van der Waals surface area contributed by atoms with Gasteiger partial charge >= 0.3 is 0 Å². The van der Waals surface area contributed by atoms with Gasteiger partial charge in [-0.15, -0.1) is 6.58 Å². The second-order valence-electron chi connectivity index (χ2n) is 3.38. The molecule has 1 atom stereocenters. The van der Waals surface area contributed by atoms with Crippen LogP contribution in [0.4, 0.5) is 0 Å². The third-order valence-corrected chi connectivity index (χ3v) is 2.12. The molecule has 0 saturated heterocycles. The molecule has 0 radical (unpaired) electrons. The van der Waals surface area contributed by atoms with Crippen LogP contribution in [0, 0.1) is 0 Å². The molecule has 1 heterocycles. The minimum Gasteiger partial charge on any atom is -0.311 e. The largest absolute Gasteiger partial charge is 0.311 e. The third kappa shape index (κ3) is 2.42. The van der Waals surface area contributed by atoms with E-state index in [1.807, 2.05) is 38.0 Å². The molecular formula is C10H17N3. The van der Waals surface area contributed by atoms with Crippen LogP contribution in [0.15, 0.2) is 24.4 Å². The summed E-state index contributed by atoms with van der Waals surface area (Å²) in [4.78, 5) is 0. The third-order valence-electron chi connectivity index (χ3n) is 2.12. The van der Waals surface area contributed by atoms with Gasteiger partial charge in [0.05, 0.1) is 11.7 Å². The fraction of sp³-hybridized carbons (Fsp3) is 0.500. The van der Waals surface area contributed by atoms with Gasteiger partial charge in [-0.05, 0) is 26.5 Å². The zero-order valence-electron chi connectivity index (χ0n) is 8.54. The minimum absolute atomic E-state index is 0.324. The zero-order chi connectivity index (χ0) is 9.84. The van der Waals surface area contributed by atoms with Crippen molar-refractivity contribution in [2.45, 2.75) is 19.4 Å². The predicted molar refractivity (Wildman–Crippen MR) is 54.4 cm³/mol. The SMILES string of the molecule is C=C(C)CC(NC)c1ccnn1C. The van der Waals surface area contributed by atoms with Gasteiger partial charge in [0.25, 0.3) is 0 Å². The van der Waals surface area contributed by atoms with Crippen molar-refractivity contribution in [3.05, 3.63) is 30.1 Å². The molecule has 72 valence electrons. The van der Waals surface area contributed by atoms with Crippen molar-refractivity contribution in [2.75, 3.05) is 7.05 Å². The van der Waals surface area contributed by atoms with E-state index in [0.29, 0.717) is 6.04 Å². The second kappa shape index (κ2) is 4.23. The van der Waals surface area contributed by atoms with Crippen molar-refractivity contribution in [3.8, 4) is 0 Å². The van der Waals surface area contributed by atoms with E-state index in [9.17, 15) is 0 Å². The summed E-state index contributed by atoms with van der Waals surface area (Å²) in [6.45, 7) is 5.96. The predicted octanol–water partition coefficient (Wildman–Crippen LogP) is 1.65. The van der Waals surface area contributed by atoms with Crippen molar-refractivity contribution >= 4 is 0 Å². The van der Waals surface area contributed by atoms with Crippen LogP contribution in [0.25, 0.3) is 0 Å². The molecule has 0 saturated carbocycles. The van der Waals surface area contributed by atoms with E-state index >= 15 is 0 Å². The number of nitrogens with zero attached hydrogens (tertiary/aromatic N) is 2. The maximum absolute atomic E-state index is 4.14. The monoisotopic (exact) mass is 179 g/mol. The van der Waals surface area contributed by atoms with Crippen molar-refractivity contribution in [3.63, 3.8) is 0 Å². The average Bonchev–Trinajstić information content (AvgIpc) is 2.47. The summed E-state index contributed by atoms with van der Waals surface area (Å²) in [5.74, 6) is 0. The molecule has 0 aliphatic carbocycles. The number of aromatic nitrogens is 2. The summed E-state index contributed by atoms with van der Waals surface area (Å²) in [6, 6.07) is 2.36. The molecule has 1 N–H and O–H groups in total. The molecule has 0 aromatic carbocycles. The highest BCUT2D eigenvalue weighted by molar-refractivity contribution is 5.10. The van der Waals surface area contributed by atoms with Crippen LogP contribution in [-0.4, -0.2) is 16.8 Å². The van der Waals surface area contributed by atoms with Crippen molar-refractivity contribution < 1.29 is 0 Å². The van der Waals surface area contributed by atoms with Gasteiger partial charge in [-0.2, -0.15) is 5.10 Å². The minimum atomic E-state index is 0.324. The molecule has 1 aromatic heterocycles. The first kappa shape index (κ1) is 9.99. The Balaban J connectivity index is 2.78. The summed E-state index contributed by atoms with van der Waals surface area (Å²) in [5, 5.41) is 7.39. The summed E-state index contributed by atoms with van der Waals surface area (Å²) in [5.41, 5.74) is 2.38. The first-order chi connectivity index (χ1) is 6.15. The molecular weight excluding hydrogens is 162 g/mol. The summed E-state index contributed by atoms with van der Waals surface area (Å²) in [6.07, 6.45) is 2.77. The van der Waals surface area contributed by atoms with E-state index in [0.717, 1.165) is 6.42 Å². The fourth-order valence-electron chi connectivity index (χ4n) is 1.43. The van der Waals surface area contributed by atoms with E-state index < -0.39 is 0 Å². The lowest BCUT2D eigenvalue weighted by Crippen LogP contribution is -2.19. The molecule has 1 aromatic rings. The van der Waals surface area contributed by atoms with Gasteiger partial charge in [-0.1, -0.05) is 5.57 Å². The van der Waals surface area contributed by atoms with Crippen molar-refractivity contribution in [1.29, 1.82) is 0 Å². The molecule has 3 nitrogen and oxygen atoms in total. The summed E-state index contributed by atoms with van der Waals surface area (Å²) >= 11 is 0. The first-order valence-corrected chi connectivity index (χ1v) is 4.44. The lowest BCUT2D eigenvalue weighted by molar-refractivity contribution is 0.536. The normalized spacial score (nSPS) is 12.8. The Morgan fingerprint density at radius 2 is 2.46 bits per heavy atom. The second-order valence-corrected chi connectivity index (χ2v) is 3.38. The van der Waals surface area contributed by atoms with E-state index in [-0.39, 0.29) is 0 Å². The number of nitrogens with one attached hydrogen (secondary N) is 1. The molecule has 0 fully saturated rings. The van der Waals surface area contributed by atoms with Gasteiger partial charge in [0, 0.05) is 13.2 Å². The Hall–Kier alpha value is -1.09. The quantitative estimate of drug-likeness (QED) is 0.712. The number of aryl methyl sites for hydroxylation is 1. The molecule has 0 aliphatic heterocycles. The molecule has 0 bridgehead atoms. The van der Waals surface area contributed by atoms with E-state index in [2.05, 4.69) is 17.0 Å². The molecule has 1 rings (SSSR count). The van der Waals surface area contributed by atoms with Crippen molar-refractivity contribution in [1.82, 2.24) is 15.1 Å². The van der Waals surface area contributed by atoms with Crippen LogP contribution in [0.1, 0.15) is 25.1 Å². The van der Waals surface area contributed by atoms with Crippen LogP contribution < -0.4 is 5.32 Å². The molecule has 0 spiro atoms. The Morgan fingerprint density at radius 3 is 2.85 bits per heavy atom. The Morgan fingerprint density at radius 1 is 1.77 bits per heavy atom. The zero-order valence-corrected chi connectivity index (χ0v) is 8.54. The van der Waals surface area contributed by atoms with Crippen LogP contribution >= 0.6 is 0 Å². The van der Waals surface area contributed by atoms with Gasteiger partial charge in [-0.25, -0.2) is 0 Å². The lowest BCUT2D eigenvalue weighted by Gasteiger charge is -2.16. The average molecular weight is 179 g/mol. The van der Waals surface area contributed by atoms with Gasteiger partial charge in [-0.3, -0.25) is 4.68 Å². The Labute approximate surface area is 79.5 Å². The smallest absolute Gasteiger partial charge is 0.0553 e. The number of hydrogen-bond donors (Lipinski definition) is 1. The van der Waals surface area contributed by atoms with Crippen LogP contribution in [0.5, 0.6) is 0 Å². The van der Waals surface area contributed by atoms with Gasteiger partial charge in [0.15, 0.2) is 0 Å². The summed E-state index contributed by atoms with van der Waals surface area (Å²) < 4.78 is 1.89. The lowest BCUT2D eigenvalue weighted by atomic mass is 10.1. The first-order valence-electron chi connectivity index (χ1n) is 4.44. The number of hydrogen-bond acceptors (Lipinski definition) is 2. The van der Waals surface area contributed by atoms with E-state index in [4.69, 9.17) is 0 Å². The van der Waals surface area contributed by atoms with Crippen LogP contribution in [-0.2, 0) is 7.05 Å². The molecule has 13 heavy (non-hydrogen) atoms. The van der Waals surface area contributed by atoms with Gasteiger partial charge < -0.3 is 5.32 Å². The highest BCUT2D eigenvalue weighted by atomic mass is 15.3. The maximum Gasteiger partial charge on any atom is 0.0553 e. The highest BCUT2D eigenvalue weighted by Crippen LogP contribution is 2.18. The van der Waals surface area contributed by atoms with E-state index in [1.165, 1.54) is 11.3 Å². The van der Waals surface area contributed by atoms with Crippen molar-refractivity contribution in [2.24, 2.45) is 7.05 Å². The van der Waals surface area contributed by atoms with E-state index in [1.54, 1.807) is 0 Å². The Bertz CT molecular complexity index is 288. The van der Waals surface area contributed by atoms with Crippen LogP contribution in [0.2, 0.25) is 0 Å². The molecule has 1 unspecified atom stereocenters. The summed E-state index contributed by atoms with van der Waals surface area (Å²) in [7, 11) is 3.92. The fourth-order valence-corrected chi connectivity index (χ4v) is 1.43. The molecule has 3 heteroatoms. The molecule has 0 amide bonds. The van der Waals surface area contributed by atoms with Crippen LogP contribution in [0.3, 0.4) is 0 Å². The van der Waals surface area contributed by atoms with Gasteiger partial charge in [0.1, 0.15) is 0 Å². The number of rotatable bonds is 4. The maximum atomic E-state index is 4.14.